The van der Waals surface area contributed by atoms with Gasteiger partial charge in [-0.15, -0.1) is 0 Å². The molecule has 24 heavy (non-hydrogen) atoms. The topological polar surface area (TPSA) is 77.8 Å². The number of furan rings is 1. The van der Waals surface area contributed by atoms with Crippen LogP contribution in [0.4, 0.5) is 5.69 Å². The normalized spacial score (nSPS) is 11.0. The summed E-state index contributed by atoms with van der Waals surface area (Å²) >= 11 is 0. The lowest BCUT2D eigenvalue weighted by molar-refractivity contribution is -0.119. The molecule has 0 spiro atoms. The minimum atomic E-state index is -0.616. The number of methoxy groups -OCH3 is 1. The molecule has 1 aromatic heterocycles. The van der Waals surface area contributed by atoms with Crippen molar-refractivity contribution in [2.75, 3.05) is 19.0 Å². The van der Waals surface area contributed by atoms with Crippen molar-refractivity contribution in [3.05, 3.63) is 47.9 Å². The lowest BCUT2D eigenvalue weighted by Crippen LogP contribution is -2.21. The number of carbonyl (C=O) groups excluding carboxylic acids is 2. The molecule has 0 radical (unpaired) electrons. The van der Waals surface area contributed by atoms with Crippen LogP contribution < -0.4 is 10.1 Å². The molecule has 1 amide bonds. The number of benzene rings is 1. The van der Waals surface area contributed by atoms with E-state index < -0.39 is 18.5 Å². The van der Waals surface area contributed by atoms with E-state index in [2.05, 4.69) is 26.1 Å². The average molecular weight is 331 g/mol. The van der Waals surface area contributed by atoms with Crippen molar-refractivity contribution in [2.24, 2.45) is 0 Å². The maximum Gasteiger partial charge on any atom is 0.341 e. The molecule has 0 atom stereocenters. The van der Waals surface area contributed by atoms with Crippen molar-refractivity contribution in [3.63, 3.8) is 0 Å². The Kier molecular flexibility index (Phi) is 5.28. The van der Waals surface area contributed by atoms with Crippen LogP contribution in [0.5, 0.6) is 5.75 Å². The van der Waals surface area contributed by atoms with Gasteiger partial charge in [-0.05, 0) is 29.2 Å². The molecule has 2 rings (SSSR count). The Morgan fingerprint density at radius 1 is 1.21 bits per heavy atom. The Morgan fingerprint density at radius 2 is 1.96 bits per heavy atom. The summed E-state index contributed by atoms with van der Waals surface area (Å²) in [5.74, 6) is -0.525. The molecule has 0 aliphatic rings. The fourth-order valence-corrected chi connectivity index (χ4v) is 2.05. The molecular formula is C18H21NO5. The van der Waals surface area contributed by atoms with Gasteiger partial charge in [-0.25, -0.2) is 4.79 Å². The summed E-state index contributed by atoms with van der Waals surface area (Å²) in [6.45, 7) is 5.83. The maximum atomic E-state index is 12.0. The molecule has 0 aliphatic carbocycles. The number of ether oxygens (including phenoxy) is 2. The molecule has 128 valence electrons. The summed E-state index contributed by atoms with van der Waals surface area (Å²) in [7, 11) is 1.53. The summed E-state index contributed by atoms with van der Waals surface area (Å²) < 4.78 is 15.0. The Bertz CT molecular complexity index is 714. The second kappa shape index (κ2) is 7.21. The van der Waals surface area contributed by atoms with Crippen molar-refractivity contribution >= 4 is 17.6 Å². The lowest BCUT2D eigenvalue weighted by atomic mass is 9.87. The van der Waals surface area contributed by atoms with Crippen LogP contribution in [0.15, 0.2) is 41.2 Å². The highest BCUT2D eigenvalue weighted by molar-refractivity contribution is 5.96. The van der Waals surface area contributed by atoms with Gasteiger partial charge in [-0.2, -0.15) is 0 Å². The minimum absolute atomic E-state index is 0.0699. The van der Waals surface area contributed by atoms with Crippen LogP contribution >= 0.6 is 0 Å². The second-order valence-corrected chi connectivity index (χ2v) is 6.30. The Labute approximate surface area is 140 Å². The fourth-order valence-electron chi connectivity index (χ4n) is 2.05. The Balaban J connectivity index is 2.03. The summed E-state index contributed by atoms with van der Waals surface area (Å²) in [6, 6.07) is 7.08. The Hall–Kier alpha value is -2.76. The van der Waals surface area contributed by atoms with Gasteiger partial charge in [-0.1, -0.05) is 26.8 Å². The van der Waals surface area contributed by atoms with E-state index in [1.54, 1.807) is 6.07 Å². The van der Waals surface area contributed by atoms with Gasteiger partial charge in [0.05, 0.1) is 24.6 Å². The second-order valence-electron chi connectivity index (χ2n) is 6.30. The first-order chi connectivity index (χ1) is 11.3. The smallest absolute Gasteiger partial charge is 0.341 e. The van der Waals surface area contributed by atoms with Crippen LogP contribution in [0.1, 0.15) is 36.7 Å². The average Bonchev–Trinajstić information content (AvgIpc) is 3.06. The predicted molar refractivity (Wildman–Crippen MR) is 89.3 cm³/mol. The number of esters is 1. The number of rotatable bonds is 5. The number of hydrogen-bond acceptors (Lipinski definition) is 5. The van der Waals surface area contributed by atoms with Gasteiger partial charge in [0.15, 0.2) is 6.61 Å². The van der Waals surface area contributed by atoms with Gasteiger partial charge in [0.2, 0.25) is 0 Å². The standard InChI is InChI=1S/C18H21NO5/c1-18(2,3)13-5-6-15(22-4)14(9-13)19-16(20)11-24-17(21)12-7-8-23-10-12/h5-10H,11H2,1-4H3,(H,19,20). The van der Waals surface area contributed by atoms with Gasteiger partial charge in [0.25, 0.3) is 5.91 Å². The maximum absolute atomic E-state index is 12.0. The van der Waals surface area contributed by atoms with E-state index >= 15 is 0 Å². The molecule has 2 aromatic rings. The van der Waals surface area contributed by atoms with Crippen LogP contribution in [0.25, 0.3) is 0 Å². The highest BCUT2D eigenvalue weighted by Gasteiger charge is 2.18. The summed E-state index contributed by atoms with van der Waals surface area (Å²) in [5, 5.41) is 2.71. The molecule has 0 fully saturated rings. The summed E-state index contributed by atoms with van der Waals surface area (Å²) in [4.78, 5) is 23.7. The van der Waals surface area contributed by atoms with Gasteiger partial charge in [-0.3, -0.25) is 4.79 Å². The van der Waals surface area contributed by atoms with E-state index in [-0.39, 0.29) is 11.0 Å². The molecule has 1 heterocycles. The van der Waals surface area contributed by atoms with E-state index in [1.807, 2.05) is 12.1 Å². The molecule has 1 aromatic carbocycles. The highest BCUT2D eigenvalue weighted by atomic mass is 16.5. The zero-order chi connectivity index (χ0) is 17.7. The summed E-state index contributed by atoms with van der Waals surface area (Å²) in [5.41, 5.74) is 1.78. The largest absolute Gasteiger partial charge is 0.495 e. The SMILES string of the molecule is COc1ccc(C(C)(C)C)cc1NC(=O)COC(=O)c1ccoc1. The molecule has 0 saturated carbocycles. The molecule has 1 N–H and O–H groups in total. The van der Waals surface area contributed by atoms with Crippen LogP contribution in [0.3, 0.4) is 0 Å². The molecule has 0 saturated heterocycles. The number of anilines is 1. The fraction of sp³-hybridized carbons (Fsp3) is 0.333. The van der Waals surface area contributed by atoms with Crippen LogP contribution in [-0.2, 0) is 14.9 Å². The third kappa shape index (κ3) is 4.38. The number of hydrogen-bond donors (Lipinski definition) is 1. The van der Waals surface area contributed by atoms with Crippen molar-refractivity contribution in [1.82, 2.24) is 0 Å². The van der Waals surface area contributed by atoms with Crippen LogP contribution in [0, 0.1) is 0 Å². The van der Waals surface area contributed by atoms with Crippen molar-refractivity contribution < 1.29 is 23.5 Å². The van der Waals surface area contributed by atoms with Crippen LogP contribution in [-0.4, -0.2) is 25.6 Å². The van der Waals surface area contributed by atoms with Gasteiger partial charge >= 0.3 is 5.97 Å². The van der Waals surface area contributed by atoms with E-state index in [0.717, 1.165) is 5.56 Å². The highest BCUT2D eigenvalue weighted by Crippen LogP contribution is 2.31. The first-order valence-electron chi connectivity index (χ1n) is 7.49. The quantitative estimate of drug-likeness (QED) is 0.850. The zero-order valence-corrected chi connectivity index (χ0v) is 14.2. The summed E-state index contributed by atoms with van der Waals surface area (Å²) in [6.07, 6.45) is 2.62. The molecular weight excluding hydrogens is 310 g/mol. The molecule has 0 bridgehead atoms. The minimum Gasteiger partial charge on any atom is -0.495 e. The molecule has 6 heteroatoms. The molecule has 6 nitrogen and oxygen atoms in total. The van der Waals surface area contributed by atoms with Gasteiger partial charge in [0, 0.05) is 0 Å². The molecule has 0 unspecified atom stereocenters. The van der Waals surface area contributed by atoms with E-state index in [1.165, 1.54) is 25.7 Å². The monoisotopic (exact) mass is 331 g/mol. The van der Waals surface area contributed by atoms with E-state index in [9.17, 15) is 9.59 Å². The lowest BCUT2D eigenvalue weighted by Gasteiger charge is -2.21. The number of carbonyl (C=O) groups is 2. The third-order valence-corrected chi connectivity index (χ3v) is 3.43. The van der Waals surface area contributed by atoms with Crippen molar-refractivity contribution in [2.45, 2.75) is 26.2 Å². The predicted octanol–water partition coefficient (Wildman–Crippen LogP) is 3.38. The third-order valence-electron chi connectivity index (χ3n) is 3.43. The zero-order valence-electron chi connectivity index (χ0n) is 14.2. The van der Waals surface area contributed by atoms with Crippen molar-refractivity contribution in [1.29, 1.82) is 0 Å². The Morgan fingerprint density at radius 3 is 2.54 bits per heavy atom. The van der Waals surface area contributed by atoms with Crippen molar-refractivity contribution in [3.8, 4) is 5.75 Å². The number of nitrogens with one attached hydrogen (secondary N) is 1. The van der Waals surface area contributed by atoms with Gasteiger partial charge < -0.3 is 19.2 Å². The first kappa shape index (κ1) is 17.6. The van der Waals surface area contributed by atoms with Crippen LogP contribution in [0.2, 0.25) is 0 Å². The first-order valence-corrected chi connectivity index (χ1v) is 7.49. The van der Waals surface area contributed by atoms with Gasteiger partial charge in [0.1, 0.15) is 12.0 Å². The molecule has 0 aliphatic heterocycles. The number of amides is 1. The van der Waals surface area contributed by atoms with E-state index in [0.29, 0.717) is 11.4 Å². The van der Waals surface area contributed by atoms with E-state index in [4.69, 9.17) is 13.9 Å².